The molecule has 3 heteroatoms. The first-order chi connectivity index (χ1) is 7.75. The maximum atomic E-state index is 11.3. The van der Waals surface area contributed by atoms with Crippen molar-refractivity contribution in [2.45, 2.75) is 51.9 Å². The SMILES string of the molecule is C1CNC1.CCCCCC1(C(=O)OC)CC1. The van der Waals surface area contributed by atoms with Gasteiger partial charge in [-0.2, -0.15) is 0 Å². The number of methoxy groups -OCH3 is 1. The summed E-state index contributed by atoms with van der Waals surface area (Å²) in [5.41, 5.74) is -0.0517. The molecule has 2 rings (SSSR count). The Labute approximate surface area is 98.9 Å². The lowest BCUT2D eigenvalue weighted by Gasteiger charge is -2.11. The van der Waals surface area contributed by atoms with E-state index in [-0.39, 0.29) is 11.4 Å². The summed E-state index contributed by atoms with van der Waals surface area (Å²) in [6.07, 6.45) is 8.14. The molecule has 0 unspecified atom stereocenters. The third-order valence-electron chi connectivity index (χ3n) is 3.44. The molecule has 0 amide bonds. The number of rotatable bonds is 5. The van der Waals surface area contributed by atoms with Crippen molar-refractivity contribution in [3.63, 3.8) is 0 Å². The Hall–Kier alpha value is -0.570. The molecule has 1 saturated carbocycles. The van der Waals surface area contributed by atoms with Crippen molar-refractivity contribution in [1.82, 2.24) is 5.32 Å². The first kappa shape index (κ1) is 13.5. The number of hydrogen-bond donors (Lipinski definition) is 1. The Kier molecular flexibility index (Phi) is 5.81. The van der Waals surface area contributed by atoms with Crippen LogP contribution < -0.4 is 5.32 Å². The Morgan fingerprint density at radius 2 is 1.88 bits per heavy atom. The van der Waals surface area contributed by atoms with Gasteiger partial charge in [0.2, 0.25) is 0 Å². The standard InChI is InChI=1S/C10H18O2.C3H7N/c1-3-4-5-6-10(7-8-10)9(11)12-2;1-2-4-3-1/h3-8H2,1-2H3;4H,1-3H2. The molecule has 16 heavy (non-hydrogen) atoms. The fourth-order valence-electron chi connectivity index (χ4n) is 1.81. The van der Waals surface area contributed by atoms with E-state index in [1.165, 1.54) is 45.9 Å². The van der Waals surface area contributed by atoms with Crippen molar-refractivity contribution in [2.24, 2.45) is 5.41 Å². The van der Waals surface area contributed by atoms with Crippen LogP contribution in [0.4, 0.5) is 0 Å². The van der Waals surface area contributed by atoms with E-state index >= 15 is 0 Å². The predicted octanol–water partition coefficient (Wildman–Crippen LogP) is 2.50. The summed E-state index contributed by atoms with van der Waals surface area (Å²) < 4.78 is 4.77. The third-order valence-corrected chi connectivity index (χ3v) is 3.44. The van der Waals surface area contributed by atoms with Crippen molar-refractivity contribution in [3.05, 3.63) is 0 Å². The molecule has 2 aliphatic rings. The van der Waals surface area contributed by atoms with Crippen molar-refractivity contribution in [2.75, 3.05) is 20.2 Å². The van der Waals surface area contributed by atoms with E-state index in [1.807, 2.05) is 0 Å². The van der Waals surface area contributed by atoms with Crippen LogP contribution in [0.3, 0.4) is 0 Å². The van der Waals surface area contributed by atoms with Gasteiger partial charge in [-0.25, -0.2) is 0 Å². The quantitative estimate of drug-likeness (QED) is 0.579. The van der Waals surface area contributed by atoms with E-state index in [0.717, 1.165) is 19.3 Å². The van der Waals surface area contributed by atoms with Crippen LogP contribution in [0.25, 0.3) is 0 Å². The Balaban J connectivity index is 0.000000267. The summed E-state index contributed by atoms with van der Waals surface area (Å²) in [5.74, 6) is 0.0126. The molecular formula is C13H25NO2. The van der Waals surface area contributed by atoms with Crippen LogP contribution in [-0.4, -0.2) is 26.2 Å². The molecule has 1 heterocycles. The van der Waals surface area contributed by atoms with Crippen molar-refractivity contribution in [3.8, 4) is 0 Å². The minimum Gasteiger partial charge on any atom is -0.469 e. The van der Waals surface area contributed by atoms with Crippen LogP contribution in [0.2, 0.25) is 0 Å². The van der Waals surface area contributed by atoms with Crippen LogP contribution in [0.1, 0.15) is 51.9 Å². The zero-order valence-electron chi connectivity index (χ0n) is 10.7. The highest BCUT2D eigenvalue weighted by molar-refractivity contribution is 5.79. The van der Waals surface area contributed by atoms with Crippen LogP contribution in [0, 0.1) is 5.41 Å². The zero-order valence-corrected chi connectivity index (χ0v) is 10.7. The molecule has 0 radical (unpaired) electrons. The summed E-state index contributed by atoms with van der Waals surface area (Å²) in [6.45, 7) is 4.68. The number of carbonyl (C=O) groups is 1. The molecule has 0 aromatic heterocycles. The fourth-order valence-corrected chi connectivity index (χ4v) is 1.81. The molecule has 0 aromatic rings. The average molecular weight is 227 g/mol. The van der Waals surface area contributed by atoms with Gasteiger partial charge in [0.1, 0.15) is 0 Å². The number of carbonyl (C=O) groups excluding carboxylic acids is 1. The molecule has 1 saturated heterocycles. The maximum absolute atomic E-state index is 11.3. The van der Waals surface area contributed by atoms with Gasteiger partial charge in [0.25, 0.3) is 0 Å². The predicted molar refractivity (Wildman–Crippen MR) is 65.3 cm³/mol. The molecule has 0 spiro atoms. The first-order valence-electron chi connectivity index (χ1n) is 6.54. The lowest BCUT2D eigenvalue weighted by atomic mass is 9.99. The lowest BCUT2D eigenvalue weighted by molar-refractivity contribution is -0.147. The molecule has 1 aliphatic carbocycles. The summed E-state index contributed by atoms with van der Waals surface area (Å²) in [5, 5.41) is 3.11. The maximum Gasteiger partial charge on any atom is 0.311 e. The first-order valence-corrected chi connectivity index (χ1v) is 6.54. The van der Waals surface area contributed by atoms with Crippen molar-refractivity contribution < 1.29 is 9.53 Å². The molecule has 0 aromatic carbocycles. The highest BCUT2D eigenvalue weighted by atomic mass is 16.5. The van der Waals surface area contributed by atoms with Gasteiger partial charge in [-0.3, -0.25) is 4.79 Å². The van der Waals surface area contributed by atoms with E-state index in [4.69, 9.17) is 4.74 Å². The minimum absolute atomic E-state index is 0.0126. The van der Waals surface area contributed by atoms with Crippen molar-refractivity contribution in [1.29, 1.82) is 0 Å². The van der Waals surface area contributed by atoms with E-state index in [2.05, 4.69) is 12.2 Å². The number of hydrogen-bond acceptors (Lipinski definition) is 3. The van der Waals surface area contributed by atoms with Crippen LogP contribution in [-0.2, 0) is 9.53 Å². The number of unbranched alkanes of at least 4 members (excludes halogenated alkanes) is 2. The van der Waals surface area contributed by atoms with Gasteiger partial charge in [-0.1, -0.05) is 26.2 Å². The zero-order chi connectivity index (χ0) is 11.9. The summed E-state index contributed by atoms with van der Waals surface area (Å²) in [4.78, 5) is 11.3. The van der Waals surface area contributed by atoms with Gasteiger partial charge < -0.3 is 10.1 Å². The fraction of sp³-hybridized carbons (Fsp3) is 0.923. The highest BCUT2D eigenvalue weighted by Crippen LogP contribution is 2.50. The lowest BCUT2D eigenvalue weighted by Crippen LogP contribution is -2.29. The molecule has 1 N–H and O–H groups in total. The van der Waals surface area contributed by atoms with Crippen LogP contribution >= 0.6 is 0 Å². The number of esters is 1. The van der Waals surface area contributed by atoms with Crippen molar-refractivity contribution >= 4 is 5.97 Å². The summed E-state index contributed by atoms with van der Waals surface area (Å²) in [6, 6.07) is 0. The average Bonchev–Trinajstić information content (AvgIpc) is 2.96. The minimum atomic E-state index is -0.0517. The summed E-state index contributed by atoms with van der Waals surface area (Å²) >= 11 is 0. The monoisotopic (exact) mass is 227 g/mol. The second-order valence-corrected chi connectivity index (χ2v) is 4.83. The van der Waals surface area contributed by atoms with Gasteiger partial charge in [-0.15, -0.1) is 0 Å². The molecule has 0 bridgehead atoms. The Morgan fingerprint density at radius 3 is 2.19 bits per heavy atom. The van der Waals surface area contributed by atoms with Gasteiger partial charge in [0.05, 0.1) is 12.5 Å². The van der Waals surface area contributed by atoms with Gasteiger partial charge in [-0.05, 0) is 38.8 Å². The summed E-state index contributed by atoms with van der Waals surface area (Å²) in [7, 11) is 1.49. The highest BCUT2D eigenvalue weighted by Gasteiger charge is 2.49. The topological polar surface area (TPSA) is 38.3 Å². The largest absolute Gasteiger partial charge is 0.469 e. The van der Waals surface area contributed by atoms with E-state index in [0.29, 0.717) is 0 Å². The van der Waals surface area contributed by atoms with Gasteiger partial charge >= 0.3 is 5.97 Å². The number of nitrogens with one attached hydrogen (secondary N) is 1. The van der Waals surface area contributed by atoms with Crippen LogP contribution in [0.15, 0.2) is 0 Å². The smallest absolute Gasteiger partial charge is 0.311 e. The molecule has 2 fully saturated rings. The van der Waals surface area contributed by atoms with Crippen LogP contribution in [0.5, 0.6) is 0 Å². The Morgan fingerprint density at radius 1 is 1.31 bits per heavy atom. The third kappa shape index (κ3) is 4.12. The molecule has 0 atom stereocenters. The van der Waals surface area contributed by atoms with E-state index in [1.54, 1.807) is 0 Å². The molecular weight excluding hydrogens is 202 g/mol. The van der Waals surface area contributed by atoms with Gasteiger partial charge in [0.15, 0.2) is 0 Å². The second-order valence-electron chi connectivity index (χ2n) is 4.83. The normalized spacial score (nSPS) is 20.1. The molecule has 1 aliphatic heterocycles. The second kappa shape index (κ2) is 6.89. The Bertz CT molecular complexity index is 204. The van der Waals surface area contributed by atoms with E-state index in [9.17, 15) is 4.79 Å². The molecule has 3 nitrogen and oxygen atoms in total. The molecule has 94 valence electrons. The van der Waals surface area contributed by atoms with Gasteiger partial charge in [0, 0.05) is 0 Å². The number of ether oxygens (including phenoxy) is 1. The van der Waals surface area contributed by atoms with E-state index < -0.39 is 0 Å².